The number of ether oxygens (including phenoxy) is 1. The lowest BCUT2D eigenvalue weighted by Crippen LogP contribution is -2.55. The van der Waals surface area contributed by atoms with E-state index in [2.05, 4.69) is 24.4 Å². The number of rotatable bonds is 4. The standard InChI is InChI=1S/C21H21ClN2O3/c1-14(15-7-3-2-4-8-15)23-21-10-6-5-9-17(21)11-16-12-18(22)13-19(24(25)26)20(16)27-21/h2-4,7-8,11-14,23H,5-6,9-10H2,1H3. The van der Waals surface area contributed by atoms with E-state index in [0.717, 1.165) is 36.8 Å². The van der Waals surface area contributed by atoms with Crippen LogP contribution >= 0.6 is 11.6 Å². The Kier molecular flexibility index (Phi) is 4.66. The molecular formula is C21H21ClN2O3. The van der Waals surface area contributed by atoms with Gasteiger partial charge in [0.05, 0.1) is 4.92 Å². The van der Waals surface area contributed by atoms with Crippen molar-refractivity contribution in [1.29, 1.82) is 0 Å². The molecule has 6 heteroatoms. The molecule has 0 spiro atoms. The Labute approximate surface area is 163 Å². The van der Waals surface area contributed by atoms with E-state index >= 15 is 0 Å². The highest BCUT2D eigenvalue weighted by Gasteiger charge is 2.44. The molecule has 1 aliphatic heterocycles. The molecule has 0 bridgehead atoms. The van der Waals surface area contributed by atoms with E-state index in [0.29, 0.717) is 16.3 Å². The van der Waals surface area contributed by atoms with Crippen molar-refractivity contribution in [3.63, 3.8) is 0 Å². The van der Waals surface area contributed by atoms with Crippen molar-refractivity contribution in [3.8, 4) is 5.75 Å². The molecule has 2 aliphatic rings. The maximum absolute atomic E-state index is 11.6. The van der Waals surface area contributed by atoms with Gasteiger partial charge in [-0.25, -0.2) is 0 Å². The normalized spacial score (nSPS) is 22.1. The minimum atomic E-state index is -0.723. The Morgan fingerprint density at radius 3 is 2.78 bits per heavy atom. The van der Waals surface area contributed by atoms with Gasteiger partial charge in [0.15, 0.2) is 5.72 Å². The van der Waals surface area contributed by atoms with Crippen molar-refractivity contribution in [2.45, 2.75) is 44.4 Å². The summed E-state index contributed by atoms with van der Waals surface area (Å²) in [6, 6.07) is 13.3. The molecule has 2 aromatic carbocycles. The minimum Gasteiger partial charge on any atom is -0.461 e. The van der Waals surface area contributed by atoms with Gasteiger partial charge in [-0.2, -0.15) is 0 Å². The second-order valence-electron chi connectivity index (χ2n) is 7.18. The predicted octanol–water partition coefficient (Wildman–Crippen LogP) is 5.65. The average molecular weight is 385 g/mol. The number of hydrogen-bond acceptors (Lipinski definition) is 4. The molecule has 5 nitrogen and oxygen atoms in total. The zero-order valence-corrected chi connectivity index (χ0v) is 15.8. The van der Waals surface area contributed by atoms with Gasteiger partial charge in [-0.1, -0.05) is 41.9 Å². The molecule has 0 aromatic heterocycles. The van der Waals surface area contributed by atoms with E-state index in [-0.39, 0.29) is 11.7 Å². The number of fused-ring (bicyclic) bond motifs is 2. The van der Waals surface area contributed by atoms with Crippen LogP contribution in [0.4, 0.5) is 5.69 Å². The summed E-state index contributed by atoms with van der Waals surface area (Å²) in [7, 11) is 0. The number of nitro benzene ring substituents is 1. The SMILES string of the molecule is CC(NC12CCCCC1=Cc1cc(Cl)cc([N+](=O)[O-])c1O2)c1ccccc1. The van der Waals surface area contributed by atoms with Crippen molar-refractivity contribution in [2.75, 3.05) is 0 Å². The van der Waals surface area contributed by atoms with Crippen LogP contribution in [0.15, 0.2) is 48.0 Å². The molecule has 1 aliphatic carbocycles. The van der Waals surface area contributed by atoms with Gasteiger partial charge in [0, 0.05) is 29.1 Å². The molecule has 0 saturated heterocycles. The first-order valence-electron chi connectivity index (χ1n) is 9.19. The zero-order chi connectivity index (χ0) is 19.0. The number of halogens is 1. The quantitative estimate of drug-likeness (QED) is 0.546. The van der Waals surface area contributed by atoms with E-state index in [1.54, 1.807) is 6.07 Å². The van der Waals surface area contributed by atoms with E-state index < -0.39 is 10.6 Å². The van der Waals surface area contributed by atoms with E-state index in [4.69, 9.17) is 16.3 Å². The maximum Gasteiger partial charge on any atom is 0.313 e. The third kappa shape index (κ3) is 3.33. The monoisotopic (exact) mass is 384 g/mol. The fourth-order valence-electron chi connectivity index (χ4n) is 4.04. The Morgan fingerprint density at radius 2 is 2.04 bits per heavy atom. The number of hydrogen-bond donors (Lipinski definition) is 1. The van der Waals surface area contributed by atoms with Crippen LogP contribution in [-0.4, -0.2) is 10.6 Å². The maximum atomic E-state index is 11.6. The first-order valence-corrected chi connectivity index (χ1v) is 9.57. The van der Waals surface area contributed by atoms with Crippen LogP contribution in [0.5, 0.6) is 5.75 Å². The van der Waals surface area contributed by atoms with Crippen molar-refractivity contribution < 1.29 is 9.66 Å². The number of nitrogens with one attached hydrogen (secondary N) is 1. The second-order valence-corrected chi connectivity index (χ2v) is 7.62. The van der Waals surface area contributed by atoms with Crippen molar-refractivity contribution in [3.05, 3.63) is 74.3 Å². The lowest BCUT2D eigenvalue weighted by Gasteiger charge is -2.44. The molecule has 27 heavy (non-hydrogen) atoms. The molecule has 2 atom stereocenters. The Balaban J connectivity index is 1.76. The van der Waals surface area contributed by atoms with E-state index in [1.165, 1.54) is 6.07 Å². The smallest absolute Gasteiger partial charge is 0.313 e. The summed E-state index contributed by atoms with van der Waals surface area (Å²) in [5, 5.41) is 15.5. The van der Waals surface area contributed by atoms with Gasteiger partial charge in [0.2, 0.25) is 5.75 Å². The number of nitrogens with zero attached hydrogens (tertiary/aromatic N) is 1. The Hall–Kier alpha value is -2.37. The molecule has 0 amide bonds. The van der Waals surface area contributed by atoms with Crippen LogP contribution in [0.2, 0.25) is 5.02 Å². The predicted molar refractivity (Wildman–Crippen MR) is 106 cm³/mol. The summed E-state index contributed by atoms with van der Waals surface area (Å²) in [6.45, 7) is 2.09. The van der Waals surface area contributed by atoms with Gasteiger partial charge in [0.25, 0.3) is 0 Å². The van der Waals surface area contributed by atoms with Crippen LogP contribution in [0.3, 0.4) is 0 Å². The topological polar surface area (TPSA) is 64.4 Å². The van der Waals surface area contributed by atoms with Gasteiger partial charge in [-0.15, -0.1) is 0 Å². The van der Waals surface area contributed by atoms with Crippen molar-refractivity contribution in [2.24, 2.45) is 0 Å². The lowest BCUT2D eigenvalue weighted by atomic mass is 9.82. The van der Waals surface area contributed by atoms with Crippen molar-refractivity contribution >= 4 is 23.4 Å². The molecule has 0 radical (unpaired) electrons. The highest BCUT2D eigenvalue weighted by atomic mass is 35.5. The molecular weight excluding hydrogens is 364 g/mol. The number of benzene rings is 2. The summed E-state index contributed by atoms with van der Waals surface area (Å²) in [6.07, 6.45) is 5.77. The highest BCUT2D eigenvalue weighted by Crippen LogP contribution is 2.47. The lowest BCUT2D eigenvalue weighted by molar-refractivity contribution is -0.386. The van der Waals surface area contributed by atoms with E-state index in [9.17, 15) is 10.1 Å². The van der Waals surface area contributed by atoms with Crippen LogP contribution in [0, 0.1) is 10.1 Å². The molecule has 4 rings (SSSR count). The largest absolute Gasteiger partial charge is 0.461 e. The molecule has 2 aromatic rings. The van der Waals surface area contributed by atoms with Crippen LogP contribution in [0.25, 0.3) is 6.08 Å². The average Bonchev–Trinajstić information content (AvgIpc) is 2.66. The summed E-state index contributed by atoms with van der Waals surface area (Å²) in [5.74, 6) is 0.294. The fourth-order valence-corrected chi connectivity index (χ4v) is 4.26. The molecule has 1 heterocycles. The van der Waals surface area contributed by atoms with Gasteiger partial charge in [0.1, 0.15) is 0 Å². The Bertz CT molecular complexity index is 913. The summed E-state index contributed by atoms with van der Waals surface area (Å²) in [5.41, 5.74) is 2.14. The number of nitro groups is 1. The molecule has 1 N–H and O–H groups in total. The summed E-state index contributed by atoms with van der Waals surface area (Å²) < 4.78 is 6.38. The molecule has 1 fully saturated rings. The summed E-state index contributed by atoms with van der Waals surface area (Å²) >= 11 is 6.10. The first kappa shape index (κ1) is 18.0. The molecule has 140 valence electrons. The van der Waals surface area contributed by atoms with Crippen LogP contribution in [-0.2, 0) is 0 Å². The fraction of sp³-hybridized carbons (Fsp3) is 0.333. The third-order valence-corrected chi connectivity index (χ3v) is 5.58. The molecule has 2 unspecified atom stereocenters. The van der Waals surface area contributed by atoms with Crippen LogP contribution < -0.4 is 10.1 Å². The molecule has 1 saturated carbocycles. The Morgan fingerprint density at radius 1 is 1.26 bits per heavy atom. The highest BCUT2D eigenvalue weighted by molar-refractivity contribution is 6.31. The van der Waals surface area contributed by atoms with Crippen molar-refractivity contribution in [1.82, 2.24) is 5.32 Å². The first-order chi connectivity index (χ1) is 13.0. The van der Waals surface area contributed by atoms with Crippen LogP contribution in [0.1, 0.15) is 49.8 Å². The van der Waals surface area contributed by atoms with Gasteiger partial charge >= 0.3 is 5.69 Å². The zero-order valence-electron chi connectivity index (χ0n) is 15.1. The summed E-state index contributed by atoms with van der Waals surface area (Å²) in [4.78, 5) is 11.1. The van der Waals surface area contributed by atoms with Gasteiger partial charge in [-0.3, -0.25) is 15.4 Å². The minimum absolute atomic E-state index is 0.0422. The second kappa shape index (κ2) is 6.98. The van der Waals surface area contributed by atoms with Gasteiger partial charge < -0.3 is 4.74 Å². The van der Waals surface area contributed by atoms with Gasteiger partial charge in [-0.05, 0) is 49.5 Å². The third-order valence-electron chi connectivity index (χ3n) is 5.36. The van der Waals surface area contributed by atoms with E-state index in [1.807, 2.05) is 24.3 Å².